The van der Waals surface area contributed by atoms with Crippen molar-refractivity contribution in [1.82, 2.24) is 10.5 Å². The number of thioether (sulfide) groups is 1. The number of aromatic nitrogens is 1. The number of nitrogens with one attached hydrogen (secondary N) is 2. The van der Waals surface area contributed by atoms with Gasteiger partial charge in [0, 0.05) is 18.9 Å². The van der Waals surface area contributed by atoms with Crippen LogP contribution in [0.15, 0.2) is 10.6 Å². The van der Waals surface area contributed by atoms with Gasteiger partial charge in [-0.25, -0.2) is 4.79 Å². The average Bonchev–Trinajstić information content (AvgIpc) is 2.92. The number of aldehydes is 1. The Labute approximate surface area is 137 Å². The molecule has 1 amide bonds. The van der Waals surface area contributed by atoms with E-state index in [4.69, 9.17) is 14.4 Å². The van der Waals surface area contributed by atoms with Gasteiger partial charge < -0.3 is 29.8 Å². The van der Waals surface area contributed by atoms with Crippen LogP contribution in [0.3, 0.4) is 0 Å². The summed E-state index contributed by atoms with van der Waals surface area (Å²) in [6.45, 7) is 1.67. The molecule has 1 heterocycles. The molecule has 0 aromatic carbocycles. The average molecular weight is 345 g/mol. The molecule has 0 spiro atoms. The Bertz CT molecular complexity index is 550. The summed E-state index contributed by atoms with van der Waals surface area (Å²) in [5, 5.41) is 17.9. The number of hydrogen-bond donors (Lipinski definition) is 3. The van der Waals surface area contributed by atoms with Crippen LogP contribution in [-0.4, -0.2) is 65.7 Å². The fourth-order valence-electron chi connectivity index (χ4n) is 1.76. The normalized spacial score (nSPS) is 14.6. The lowest BCUT2D eigenvalue weighted by Crippen LogP contribution is -2.53. The van der Waals surface area contributed by atoms with Crippen LogP contribution in [0.4, 0.5) is 5.82 Å². The van der Waals surface area contributed by atoms with E-state index in [0.29, 0.717) is 12.0 Å². The number of aryl methyl sites for hydroxylation is 1. The zero-order valence-electron chi connectivity index (χ0n) is 12.9. The second-order valence-electron chi connectivity index (χ2n) is 4.64. The summed E-state index contributed by atoms with van der Waals surface area (Å²) < 4.78 is 9.84. The number of anilines is 1. The summed E-state index contributed by atoms with van der Waals surface area (Å²) in [6.07, 6.45) is 1.06. The van der Waals surface area contributed by atoms with Gasteiger partial charge in [0.25, 0.3) is 0 Å². The number of carboxylic acids is 1. The van der Waals surface area contributed by atoms with E-state index in [1.54, 1.807) is 13.2 Å². The van der Waals surface area contributed by atoms with Crippen LogP contribution >= 0.6 is 11.8 Å². The first-order valence-corrected chi connectivity index (χ1v) is 8.02. The smallest absolute Gasteiger partial charge is 0.327 e. The maximum absolute atomic E-state index is 12.4. The number of hydrogen-bond acceptors (Lipinski definition) is 8. The Morgan fingerprint density at radius 3 is 2.70 bits per heavy atom. The first kappa shape index (κ1) is 19.0. The van der Waals surface area contributed by atoms with Crippen LogP contribution < -0.4 is 10.6 Å². The summed E-state index contributed by atoms with van der Waals surface area (Å²) in [4.78, 5) is 34.6. The second-order valence-corrected chi connectivity index (χ2v) is 5.55. The topological polar surface area (TPSA) is 131 Å². The third kappa shape index (κ3) is 5.57. The Balaban J connectivity index is 2.91. The molecule has 0 bridgehead atoms. The standard InChI is InChI=1S/C13H19N3O6S/c1-7-4-10(16-22-7)15-11(9(5-17)21-2)12(18)14-8(6-23-3)13(19)20/h4-5,8-9,11H,6H2,1-3H3,(H,14,18)(H,15,16)(H,19,20). The van der Waals surface area contributed by atoms with Crippen molar-refractivity contribution in [2.24, 2.45) is 0 Å². The highest BCUT2D eigenvalue weighted by molar-refractivity contribution is 7.98. The number of carboxylic acid groups (broad SMARTS) is 1. The van der Waals surface area contributed by atoms with Gasteiger partial charge in [0.1, 0.15) is 23.9 Å². The predicted molar refractivity (Wildman–Crippen MR) is 83.5 cm³/mol. The lowest BCUT2D eigenvalue weighted by atomic mass is 10.1. The molecule has 0 fully saturated rings. The summed E-state index contributed by atoms with van der Waals surface area (Å²) in [5.41, 5.74) is 0. The minimum absolute atomic E-state index is 0.190. The fraction of sp³-hybridized carbons (Fsp3) is 0.538. The number of carbonyl (C=O) groups excluding carboxylic acids is 2. The number of methoxy groups -OCH3 is 1. The summed E-state index contributed by atoms with van der Waals surface area (Å²) in [6, 6.07) is -0.690. The van der Waals surface area contributed by atoms with Crippen molar-refractivity contribution in [3.05, 3.63) is 11.8 Å². The van der Waals surface area contributed by atoms with Gasteiger partial charge in [-0.05, 0) is 13.2 Å². The van der Waals surface area contributed by atoms with Gasteiger partial charge in [0.15, 0.2) is 12.1 Å². The van der Waals surface area contributed by atoms with Crippen molar-refractivity contribution < 1.29 is 28.8 Å². The van der Waals surface area contributed by atoms with Gasteiger partial charge in [-0.3, -0.25) is 4.79 Å². The lowest BCUT2D eigenvalue weighted by Gasteiger charge is -2.24. The number of aliphatic carboxylic acids is 1. The van der Waals surface area contributed by atoms with E-state index in [0.717, 1.165) is 0 Å². The van der Waals surface area contributed by atoms with E-state index in [2.05, 4.69) is 15.8 Å². The van der Waals surface area contributed by atoms with Gasteiger partial charge in [0.2, 0.25) is 5.91 Å². The van der Waals surface area contributed by atoms with Crippen molar-refractivity contribution >= 4 is 35.7 Å². The second kappa shape index (κ2) is 9.16. The molecule has 0 radical (unpaired) electrons. The van der Waals surface area contributed by atoms with Crippen molar-refractivity contribution in [2.75, 3.05) is 24.4 Å². The third-order valence-electron chi connectivity index (χ3n) is 2.90. The van der Waals surface area contributed by atoms with E-state index < -0.39 is 30.1 Å². The number of ether oxygens (including phenoxy) is 1. The van der Waals surface area contributed by atoms with E-state index >= 15 is 0 Å². The van der Waals surface area contributed by atoms with Crippen LogP contribution in [0, 0.1) is 6.92 Å². The molecule has 3 atom stereocenters. The largest absolute Gasteiger partial charge is 0.480 e. The molecule has 0 aliphatic carbocycles. The van der Waals surface area contributed by atoms with E-state index in [1.807, 2.05) is 0 Å². The third-order valence-corrected chi connectivity index (χ3v) is 3.56. The molecule has 9 nitrogen and oxygen atoms in total. The van der Waals surface area contributed by atoms with Crippen LogP contribution in [0.1, 0.15) is 5.76 Å². The Hall–Kier alpha value is -2.07. The van der Waals surface area contributed by atoms with Crippen molar-refractivity contribution in [2.45, 2.75) is 25.1 Å². The molecule has 0 aliphatic heterocycles. The van der Waals surface area contributed by atoms with Crippen LogP contribution in [0.5, 0.6) is 0 Å². The number of rotatable bonds is 10. The molecule has 128 valence electrons. The number of nitrogens with zero attached hydrogens (tertiary/aromatic N) is 1. The molecule has 1 aromatic heterocycles. The number of amides is 1. The van der Waals surface area contributed by atoms with E-state index in [9.17, 15) is 14.4 Å². The maximum atomic E-state index is 12.4. The van der Waals surface area contributed by atoms with Gasteiger partial charge >= 0.3 is 5.97 Å². The van der Waals surface area contributed by atoms with E-state index in [1.165, 1.54) is 24.9 Å². The first-order valence-electron chi connectivity index (χ1n) is 6.63. The first-order chi connectivity index (χ1) is 10.9. The van der Waals surface area contributed by atoms with Crippen molar-refractivity contribution in [3.8, 4) is 0 Å². The van der Waals surface area contributed by atoms with Gasteiger partial charge in [0.05, 0.1) is 0 Å². The molecule has 0 saturated carbocycles. The molecule has 10 heteroatoms. The van der Waals surface area contributed by atoms with Crippen molar-refractivity contribution in [1.29, 1.82) is 0 Å². The zero-order valence-corrected chi connectivity index (χ0v) is 13.8. The SMILES string of the molecule is COC(C=O)C(Nc1cc(C)on1)C(=O)NC(CSC)C(=O)O. The van der Waals surface area contributed by atoms with Crippen LogP contribution in [-0.2, 0) is 19.1 Å². The predicted octanol–water partition coefficient (Wildman–Crippen LogP) is -0.0902. The lowest BCUT2D eigenvalue weighted by molar-refractivity contribution is -0.141. The molecule has 0 aliphatic rings. The Morgan fingerprint density at radius 2 is 2.26 bits per heavy atom. The van der Waals surface area contributed by atoms with Gasteiger partial charge in [-0.15, -0.1) is 0 Å². The van der Waals surface area contributed by atoms with Crippen LogP contribution in [0.25, 0.3) is 0 Å². The molecular weight excluding hydrogens is 326 g/mol. The fourth-order valence-corrected chi connectivity index (χ4v) is 2.32. The molecule has 3 N–H and O–H groups in total. The Morgan fingerprint density at radius 1 is 1.57 bits per heavy atom. The molecule has 23 heavy (non-hydrogen) atoms. The van der Waals surface area contributed by atoms with Crippen LogP contribution in [0.2, 0.25) is 0 Å². The van der Waals surface area contributed by atoms with E-state index in [-0.39, 0.29) is 11.6 Å². The maximum Gasteiger partial charge on any atom is 0.327 e. The van der Waals surface area contributed by atoms with Gasteiger partial charge in [-0.2, -0.15) is 11.8 Å². The highest BCUT2D eigenvalue weighted by Gasteiger charge is 2.32. The zero-order chi connectivity index (χ0) is 17.4. The minimum Gasteiger partial charge on any atom is -0.480 e. The highest BCUT2D eigenvalue weighted by Crippen LogP contribution is 2.11. The molecular formula is C13H19N3O6S. The summed E-state index contributed by atoms with van der Waals surface area (Å²) in [7, 11) is 1.27. The summed E-state index contributed by atoms with van der Waals surface area (Å²) >= 11 is 1.27. The Kier molecular flexibility index (Phi) is 7.55. The molecule has 1 aromatic rings. The molecule has 3 unspecified atom stereocenters. The monoisotopic (exact) mass is 345 g/mol. The van der Waals surface area contributed by atoms with Gasteiger partial charge in [-0.1, -0.05) is 5.16 Å². The quantitative estimate of drug-likeness (QED) is 0.498. The summed E-state index contributed by atoms with van der Waals surface area (Å²) in [5.74, 6) is -0.911. The van der Waals surface area contributed by atoms with Crippen molar-refractivity contribution in [3.63, 3.8) is 0 Å². The minimum atomic E-state index is -1.16. The molecule has 1 rings (SSSR count). The highest BCUT2D eigenvalue weighted by atomic mass is 32.2. The molecule has 0 saturated heterocycles. The number of carbonyl (C=O) groups is 3.